The molecule has 2 unspecified atom stereocenters. The number of piperidine rings is 1. The predicted octanol–water partition coefficient (Wildman–Crippen LogP) is 2.64. The van der Waals surface area contributed by atoms with Crippen LogP contribution in [-0.2, 0) is 0 Å². The van der Waals surface area contributed by atoms with Crippen molar-refractivity contribution in [3.8, 4) is 5.75 Å². The Morgan fingerprint density at radius 3 is 2.69 bits per heavy atom. The SMILES string of the molecule is Oc1ccccc1C1CCNC(C2CC2)C1. The van der Waals surface area contributed by atoms with E-state index in [0.717, 1.165) is 24.4 Å². The monoisotopic (exact) mass is 217 g/mol. The van der Waals surface area contributed by atoms with E-state index in [9.17, 15) is 5.11 Å². The summed E-state index contributed by atoms with van der Waals surface area (Å²) in [5.74, 6) is 1.94. The standard InChI is InChI=1S/C14H19NO/c16-14-4-2-1-3-12(14)11-7-8-15-13(9-11)10-5-6-10/h1-4,10-11,13,15-16H,5-9H2. The molecule has 1 aliphatic heterocycles. The maximum atomic E-state index is 9.88. The van der Waals surface area contributed by atoms with Gasteiger partial charge in [-0.1, -0.05) is 18.2 Å². The van der Waals surface area contributed by atoms with Gasteiger partial charge in [0.15, 0.2) is 0 Å². The van der Waals surface area contributed by atoms with E-state index in [0.29, 0.717) is 17.7 Å². The van der Waals surface area contributed by atoms with Gasteiger partial charge in [0, 0.05) is 6.04 Å². The second-order valence-corrected chi connectivity index (χ2v) is 5.18. The third kappa shape index (κ3) is 1.94. The fourth-order valence-corrected chi connectivity index (χ4v) is 2.92. The first-order chi connectivity index (χ1) is 7.84. The molecule has 1 aromatic rings. The van der Waals surface area contributed by atoms with E-state index in [2.05, 4.69) is 11.4 Å². The number of nitrogens with one attached hydrogen (secondary N) is 1. The summed E-state index contributed by atoms with van der Waals surface area (Å²) in [4.78, 5) is 0. The second-order valence-electron chi connectivity index (χ2n) is 5.18. The van der Waals surface area contributed by atoms with Crippen LogP contribution in [-0.4, -0.2) is 17.7 Å². The zero-order valence-corrected chi connectivity index (χ0v) is 9.52. The van der Waals surface area contributed by atoms with Crippen LogP contribution < -0.4 is 5.32 Å². The van der Waals surface area contributed by atoms with Gasteiger partial charge in [-0.05, 0) is 55.7 Å². The van der Waals surface area contributed by atoms with Crippen LogP contribution >= 0.6 is 0 Å². The maximum Gasteiger partial charge on any atom is 0.119 e. The molecule has 2 nitrogen and oxygen atoms in total. The number of rotatable bonds is 2. The molecule has 0 bridgehead atoms. The van der Waals surface area contributed by atoms with Crippen molar-refractivity contribution in [3.05, 3.63) is 29.8 Å². The van der Waals surface area contributed by atoms with Gasteiger partial charge in [-0.25, -0.2) is 0 Å². The number of phenols is 1. The van der Waals surface area contributed by atoms with Crippen LogP contribution in [0.5, 0.6) is 5.75 Å². The summed E-state index contributed by atoms with van der Waals surface area (Å²) < 4.78 is 0. The van der Waals surface area contributed by atoms with Gasteiger partial charge in [0.25, 0.3) is 0 Å². The first-order valence-corrected chi connectivity index (χ1v) is 6.36. The molecule has 2 fully saturated rings. The first kappa shape index (κ1) is 10.2. The lowest BCUT2D eigenvalue weighted by Crippen LogP contribution is -2.38. The van der Waals surface area contributed by atoms with Crippen molar-refractivity contribution in [2.24, 2.45) is 5.92 Å². The van der Waals surface area contributed by atoms with Crippen LogP contribution in [0, 0.1) is 5.92 Å². The van der Waals surface area contributed by atoms with E-state index in [1.807, 2.05) is 18.2 Å². The topological polar surface area (TPSA) is 32.3 Å². The van der Waals surface area contributed by atoms with Gasteiger partial charge < -0.3 is 10.4 Å². The number of phenolic OH excluding ortho intramolecular Hbond substituents is 1. The van der Waals surface area contributed by atoms with Gasteiger partial charge >= 0.3 is 0 Å². The Morgan fingerprint density at radius 2 is 1.94 bits per heavy atom. The summed E-state index contributed by atoms with van der Waals surface area (Å²) in [5, 5.41) is 13.5. The molecule has 2 heteroatoms. The van der Waals surface area contributed by atoms with E-state index in [1.165, 1.54) is 19.3 Å². The summed E-state index contributed by atoms with van der Waals surface area (Å²) >= 11 is 0. The quantitative estimate of drug-likeness (QED) is 0.798. The smallest absolute Gasteiger partial charge is 0.119 e. The molecule has 16 heavy (non-hydrogen) atoms. The predicted molar refractivity (Wildman–Crippen MR) is 64.6 cm³/mol. The first-order valence-electron chi connectivity index (χ1n) is 6.36. The molecule has 0 spiro atoms. The number of hydrogen-bond donors (Lipinski definition) is 2. The van der Waals surface area contributed by atoms with Crippen molar-refractivity contribution in [1.29, 1.82) is 0 Å². The Kier molecular flexibility index (Phi) is 2.60. The average Bonchev–Trinajstić information content (AvgIpc) is 3.14. The van der Waals surface area contributed by atoms with Crippen molar-refractivity contribution >= 4 is 0 Å². The lowest BCUT2D eigenvalue weighted by molar-refractivity contribution is 0.328. The van der Waals surface area contributed by atoms with Crippen molar-refractivity contribution < 1.29 is 5.11 Å². The summed E-state index contributed by atoms with van der Waals surface area (Å²) in [5.41, 5.74) is 1.15. The fourth-order valence-electron chi connectivity index (χ4n) is 2.92. The Balaban J connectivity index is 1.76. The molecule has 1 heterocycles. The van der Waals surface area contributed by atoms with Crippen LogP contribution in [0.4, 0.5) is 0 Å². The highest BCUT2D eigenvalue weighted by Crippen LogP contribution is 2.41. The lowest BCUT2D eigenvalue weighted by Gasteiger charge is -2.31. The summed E-state index contributed by atoms with van der Waals surface area (Å²) in [6.45, 7) is 1.10. The van der Waals surface area contributed by atoms with Gasteiger partial charge in [-0.15, -0.1) is 0 Å². The molecule has 2 aliphatic rings. The van der Waals surface area contributed by atoms with Gasteiger partial charge in [0.05, 0.1) is 0 Å². The Labute approximate surface area is 96.7 Å². The van der Waals surface area contributed by atoms with Crippen molar-refractivity contribution in [1.82, 2.24) is 5.32 Å². The molecule has 1 aliphatic carbocycles. The van der Waals surface area contributed by atoms with Crippen LogP contribution in [0.2, 0.25) is 0 Å². The minimum Gasteiger partial charge on any atom is -0.508 e. The average molecular weight is 217 g/mol. The van der Waals surface area contributed by atoms with E-state index in [-0.39, 0.29) is 0 Å². The van der Waals surface area contributed by atoms with Crippen LogP contribution in [0.15, 0.2) is 24.3 Å². The highest BCUT2D eigenvalue weighted by atomic mass is 16.3. The number of aromatic hydroxyl groups is 1. The van der Waals surface area contributed by atoms with Gasteiger partial charge in [0.1, 0.15) is 5.75 Å². The largest absolute Gasteiger partial charge is 0.508 e. The molecule has 2 atom stereocenters. The molecule has 0 amide bonds. The molecule has 3 rings (SSSR count). The van der Waals surface area contributed by atoms with Crippen molar-refractivity contribution in [3.63, 3.8) is 0 Å². The summed E-state index contributed by atoms with van der Waals surface area (Å²) in [7, 11) is 0. The number of benzene rings is 1. The van der Waals surface area contributed by atoms with E-state index >= 15 is 0 Å². The molecule has 86 valence electrons. The molecule has 2 N–H and O–H groups in total. The summed E-state index contributed by atoms with van der Waals surface area (Å²) in [6.07, 6.45) is 5.14. The highest BCUT2D eigenvalue weighted by Gasteiger charge is 2.35. The van der Waals surface area contributed by atoms with Crippen molar-refractivity contribution in [2.45, 2.75) is 37.6 Å². The van der Waals surface area contributed by atoms with Crippen LogP contribution in [0.1, 0.15) is 37.2 Å². The zero-order valence-electron chi connectivity index (χ0n) is 9.52. The Morgan fingerprint density at radius 1 is 1.12 bits per heavy atom. The van der Waals surface area contributed by atoms with Gasteiger partial charge in [-0.3, -0.25) is 0 Å². The molecule has 0 radical (unpaired) electrons. The molecular formula is C14H19NO. The van der Waals surface area contributed by atoms with E-state index in [4.69, 9.17) is 0 Å². The van der Waals surface area contributed by atoms with Gasteiger partial charge in [0.2, 0.25) is 0 Å². The number of para-hydroxylation sites is 1. The number of hydrogen-bond acceptors (Lipinski definition) is 2. The third-order valence-electron chi connectivity index (χ3n) is 4.01. The highest BCUT2D eigenvalue weighted by molar-refractivity contribution is 5.35. The third-order valence-corrected chi connectivity index (χ3v) is 4.01. The normalized spacial score (nSPS) is 30.2. The Bertz CT molecular complexity index is 373. The van der Waals surface area contributed by atoms with Gasteiger partial charge in [-0.2, -0.15) is 0 Å². The molecule has 1 saturated heterocycles. The minimum absolute atomic E-state index is 0.476. The molecular weight excluding hydrogens is 198 g/mol. The zero-order chi connectivity index (χ0) is 11.0. The molecule has 0 aromatic heterocycles. The maximum absolute atomic E-state index is 9.88. The molecule has 1 saturated carbocycles. The minimum atomic E-state index is 0.476. The molecule has 1 aromatic carbocycles. The lowest BCUT2D eigenvalue weighted by atomic mass is 9.84. The van der Waals surface area contributed by atoms with E-state index in [1.54, 1.807) is 0 Å². The van der Waals surface area contributed by atoms with Crippen LogP contribution in [0.25, 0.3) is 0 Å². The second kappa shape index (κ2) is 4.10. The van der Waals surface area contributed by atoms with Crippen molar-refractivity contribution in [2.75, 3.05) is 6.54 Å². The summed E-state index contributed by atoms with van der Waals surface area (Å²) in [6, 6.07) is 8.51. The van der Waals surface area contributed by atoms with Crippen LogP contribution in [0.3, 0.4) is 0 Å². The fraction of sp³-hybridized carbons (Fsp3) is 0.571. The Hall–Kier alpha value is -1.02. The van der Waals surface area contributed by atoms with E-state index < -0.39 is 0 Å².